The van der Waals surface area contributed by atoms with Crippen LogP contribution in [0.1, 0.15) is 38.1 Å². The van der Waals surface area contributed by atoms with Crippen molar-refractivity contribution in [1.29, 1.82) is 0 Å². The van der Waals surface area contributed by atoms with Gasteiger partial charge in [-0.05, 0) is 32.9 Å². The number of aryl methyl sites for hydroxylation is 2. The van der Waals surface area contributed by atoms with Crippen LogP contribution in [0.2, 0.25) is 0 Å². The first-order valence-corrected chi connectivity index (χ1v) is 13.7. The molecule has 2 aromatic heterocycles. The van der Waals surface area contributed by atoms with Gasteiger partial charge in [-0.25, -0.2) is 18.2 Å². The number of carbonyl (C=O) groups excluding carboxylic acids is 1. The van der Waals surface area contributed by atoms with Crippen LogP contribution in [0.4, 0.5) is 16.3 Å². The Bertz CT molecular complexity index is 1130. The molecule has 0 atom stereocenters. The predicted octanol–water partition coefficient (Wildman–Crippen LogP) is 3.51. The van der Waals surface area contributed by atoms with Gasteiger partial charge in [0, 0.05) is 56.6 Å². The number of pyridine rings is 2. The van der Waals surface area contributed by atoms with E-state index in [0.29, 0.717) is 61.1 Å². The molecule has 2 aromatic rings. The van der Waals surface area contributed by atoms with E-state index in [9.17, 15) is 13.2 Å². The Morgan fingerprint density at radius 3 is 2.54 bits per heavy atom. The zero-order valence-corrected chi connectivity index (χ0v) is 21.7. The molecule has 0 spiro atoms. The fourth-order valence-electron chi connectivity index (χ4n) is 3.72. The average molecular weight is 507 g/mol. The van der Waals surface area contributed by atoms with E-state index in [1.807, 2.05) is 26.8 Å². The van der Waals surface area contributed by atoms with Gasteiger partial charge < -0.3 is 24.4 Å². The van der Waals surface area contributed by atoms with E-state index in [-0.39, 0.29) is 24.1 Å². The van der Waals surface area contributed by atoms with Gasteiger partial charge in [-0.2, -0.15) is 0 Å². The zero-order chi connectivity index (χ0) is 25.6. The maximum atomic E-state index is 12.1. The Morgan fingerprint density at radius 2 is 1.94 bits per heavy atom. The number of carbonyl (C=O) groups is 1. The van der Waals surface area contributed by atoms with E-state index in [1.165, 1.54) is 6.26 Å². The molecule has 192 valence electrons. The van der Waals surface area contributed by atoms with Crippen molar-refractivity contribution in [1.82, 2.24) is 14.9 Å². The molecule has 0 aliphatic carbocycles. The zero-order valence-electron chi connectivity index (χ0n) is 20.9. The first-order chi connectivity index (χ1) is 16.6. The van der Waals surface area contributed by atoms with Gasteiger partial charge in [0.15, 0.2) is 11.6 Å². The monoisotopic (exact) mass is 506 g/mol. The lowest BCUT2D eigenvalue weighted by Crippen LogP contribution is -2.42. The number of methoxy groups -OCH3 is 1. The lowest BCUT2D eigenvalue weighted by Gasteiger charge is -2.32. The van der Waals surface area contributed by atoms with Crippen molar-refractivity contribution in [3.8, 4) is 11.5 Å². The summed E-state index contributed by atoms with van der Waals surface area (Å²) in [5, 5.41) is 3.24. The Labute approximate surface area is 206 Å². The molecule has 35 heavy (non-hydrogen) atoms. The summed E-state index contributed by atoms with van der Waals surface area (Å²) in [5.41, 5.74) is 2.15. The summed E-state index contributed by atoms with van der Waals surface area (Å²) in [4.78, 5) is 22.7. The summed E-state index contributed by atoms with van der Waals surface area (Å²) < 4.78 is 40.0. The number of piperidine rings is 1. The predicted molar refractivity (Wildman–Crippen MR) is 133 cm³/mol. The second kappa shape index (κ2) is 11.6. The highest BCUT2D eigenvalue weighted by molar-refractivity contribution is 7.90. The second-order valence-electron chi connectivity index (χ2n) is 8.87. The van der Waals surface area contributed by atoms with Crippen molar-refractivity contribution in [2.45, 2.75) is 52.2 Å². The quantitative estimate of drug-likeness (QED) is 0.545. The number of anilines is 2. The summed E-state index contributed by atoms with van der Waals surface area (Å²) in [6.07, 6.45) is 4.06. The van der Waals surface area contributed by atoms with Gasteiger partial charge >= 0.3 is 6.09 Å². The molecule has 0 bridgehead atoms. The molecule has 1 amide bonds. The van der Waals surface area contributed by atoms with Gasteiger partial charge in [0.1, 0.15) is 15.9 Å². The van der Waals surface area contributed by atoms with E-state index >= 15 is 0 Å². The SMILES string of the molecule is COc1c(OC2CCN(C(=O)OC(C)C)CC2)ccnc1Nc1ccc(CCS(C)(=O)=O)nc1C. The van der Waals surface area contributed by atoms with Crippen LogP contribution >= 0.6 is 0 Å². The third-order valence-corrected chi connectivity index (χ3v) is 6.47. The molecule has 0 aromatic carbocycles. The van der Waals surface area contributed by atoms with Crippen LogP contribution < -0.4 is 14.8 Å². The number of nitrogens with zero attached hydrogens (tertiary/aromatic N) is 3. The highest BCUT2D eigenvalue weighted by atomic mass is 32.2. The third kappa shape index (κ3) is 7.71. The Kier molecular flexibility index (Phi) is 8.76. The fraction of sp³-hybridized carbons (Fsp3) is 0.542. The smallest absolute Gasteiger partial charge is 0.410 e. The molecule has 1 fully saturated rings. The number of sulfone groups is 1. The molecule has 11 heteroatoms. The number of amides is 1. The number of ether oxygens (including phenoxy) is 3. The summed E-state index contributed by atoms with van der Waals surface area (Å²) in [7, 11) is -1.50. The number of nitrogens with one attached hydrogen (secondary N) is 1. The topological polar surface area (TPSA) is 120 Å². The highest BCUT2D eigenvalue weighted by Gasteiger charge is 2.26. The van der Waals surface area contributed by atoms with Crippen molar-refractivity contribution in [3.05, 3.63) is 35.8 Å². The third-order valence-electron chi connectivity index (χ3n) is 5.53. The van der Waals surface area contributed by atoms with E-state index < -0.39 is 9.84 Å². The van der Waals surface area contributed by atoms with Crippen LogP contribution in [0.25, 0.3) is 0 Å². The lowest BCUT2D eigenvalue weighted by molar-refractivity contribution is 0.0511. The molecule has 1 N–H and O–H groups in total. The minimum Gasteiger partial charge on any atom is -0.490 e. The van der Waals surface area contributed by atoms with Crippen molar-refractivity contribution < 1.29 is 27.4 Å². The fourth-order valence-corrected chi connectivity index (χ4v) is 4.30. The van der Waals surface area contributed by atoms with Crippen molar-refractivity contribution in [2.24, 2.45) is 0 Å². The summed E-state index contributed by atoms with van der Waals surface area (Å²) in [6.45, 7) is 6.63. The molecular formula is C24H34N4O6S. The van der Waals surface area contributed by atoms with Gasteiger partial charge in [0.25, 0.3) is 0 Å². The van der Waals surface area contributed by atoms with Crippen LogP contribution in [0.15, 0.2) is 24.4 Å². The molecule has 0 saturated carbocycles. The second-order valence-corrected chi connectivity index (χ2v) is 11.1. The van der Waals surface area contributed by atoms with Gasteiger partial charge in [-0.15, -0.1) is 0 Å². The molecule has 0 radical (unpaired) electrons. The molecule has 1 aliphatic heterocycles. The Morgan fingerprint density at radius 1 is 1.23 bits per heavy atom. The standard InChI is InChI=1S/C24H34N4O6S/c1-16(2)33-24(29)28-13-9-19(10-14-28)34-21-8-12-25-23(22(21)32-4)27-20-7-6-18(26-17(20)3)11-15-35(5,30)31/h6-8,12,16,19H,9-11,13-15H2,1-5H3,(H,25,27). The first-order valence-electron chi connectivity index (χ1n) is 11.6. The van der Waals surface area contributed by atoms with Crippen LogP contribution in [0.5, 0.6) is 11.5 Å². The highest BCUT2D eigenvalue weighted by Crippen LogP contribution is 2.36. The van der Waals surface area contributed by atoms with Crippen molar-refractivity contribution >= 4 is 27.4 Å². The molecule has 1 saturated heterocycles. The molecule has 0 unspecified atom stereocenters. The number of likely N-dealkylation sites (tertiary alicyclic amines) is 1. The molecule has 3 rings (SSSR count). The van der Waals surface area contributed by atoms with E-state index in [4.69, 9.17) is 14.2 Å². The van der Waals surface area contributed by atoms with Crippen molar-refractivity contribution in [2.75, 3.05) is 37.5 Å². The molecule has 10 nitrogen and oxygen atoms in total. The first kappa shape index (κ1) is 26.5. The van der Waals surface area contributed by atoms with E-state index in [2.05, 4.69) is 15.3 Å². The number of hydrogen-bond acceptors (Lipinski definition) is 9. The van der Waals surface area contributed by atoms with Gasteiger partial charge in [0.2, 0.25) is 5.75 Å². The van der Waals surface area contributed by atoms with Crippen LogP contribution in [0, 0.1) is 6.92 Å². The summed E-state index contributed by atoms with van der Waals surface area (Å²) >= 11 is 0. The number of rotatable bonds is 9. The van der Waals surface area contributed by atoms with E-state index in [1.54, 1.807) is 30.3 Å². The minimum atomic E-state index is -3.05. The maximum absolute atomic E-state index is 12.1. The maximum Gasteiger partial charge on any atom is 0.410 e. The summed E-state index contributed by atoms with van der Waals surface area (Å²) in [6, 6.07) is 5.40. The Balaban J connectivity index is 1.66. The average Bonchev–Trinajstić information content (AvgIpc) is 2.79. The molecular weight excluding hydrogens is 472 g/mol. The molecule has 3 heterocycles. The Hall–Kier alpha value is -3.08. The van der Waals surface area contributed by atoms with Gasteiger partial charge in [0.05, 0.1) is 30.3 Å². The van der Waals surface area contributed by atoms with Crippen molar-refractivity contribution in [3.63, 3.8) is 0 Å². The van der Waals surface area contributed by atoms with Crippen LogP contribution in [0.3, 0.4) is 0 Å². The number of aromatic nitrogens is 2. The van der Waals surface area contributed by atoms with Gasteiger partial charge in [-0.1, -0.05) is 0 Å². The van der Waals surface area contributed by atoms with E-state index in [0.717, 1.165) is 5.69 Å². The van der Waals surface area contributed by atoms with Gasteiger partial charge in [-0.3, -0.25) is 4.98 Å². The normalized spacial score (nSPS) is 14.6. The van der Waals surface area contributed by atoms with Crippen LogP contribution in [-0.2, 0) is 21.0 Å². The lowest BCUT2D eigenvalue weighted by atomic mass is 10.1. The largest absolute Gasteiger partial charge is 0.490 e. The number of hydrogen-bond donors (Lipinski definition) is 1. The van der Waals surface area contributed by atoms with Crippen LogP contribution in [-0.4, -0.2) is 73.8 Å². The summed E-state index contributed by atoms with van der Waals surface area (Å²) in [5.74, 6) is 1.56. The minimum absolute atomic E-state index is 0.0544. The molecule has 1 aliphatic rings.